The van der Waals surface area contributed by atoms with E-state index in [0.29, 0.717) is 11.7 Å². The van der Waals surface area contributed by atoms with Gasteiger partial charge in [0.05, 0.1) is 6.17 Å². The van der Waals surface area contributed by atoms with Crippen LogP contribution in [0.2, 0.25) is 0 Å². The fourth-order valence-corrected chi connectivity index (χ4v) is 1.10. The van der Waals surface area contributed by atoms with Crippen molar-refractivity contribution in [3.8, 4) is 0 Å². The van der Waals surface area contributed by atoms with E-state index in [2.05, 4.69) is 31.4 Å². The van der Waals surface area contributed by atoms with Gasteiger partial charge in [-0.05, 0) is 20.8 Å². The third-order valence-electron chi connectivity index (χ3n) is 1.46. The molecule has 1 rings (SSSR count). The molecule has 1 saturated heterocycles. The molecule has 0 spiro atoms. The van der Waals surface area contributed by atoms with Gasteiger partial charge in [0.2, 0.25) is 0 Å². The van der Waals surface area contributed by atoms with Gasteiger partial charge in [-0.2, -0.15) is 0 Å². The van der Waals surface area contributed by atoms with Crippen LogP contribution in [0.5, 0.6) is 0 Å². The molecule has 0 saturated carbocycles. The Morgan fingerprint density at radius 3 is 2.25 bits per heavy atom. The molecule has 0 aliphatic carbocycles. The number of hydrogen-bond acceptors (Lipinski definition) is 2. The van der Waals surface area contributed by atoms with Gasteiger partial charge in [-0.25, -0.2) is 0 Å². The first kappa shape index (κ1) is 6.05. The van der Waals surface area contributed by atoms with Crippen LogP contribution >= 0.6 is 0 Å². The van der Waals surface area contributed by atoms with Crippen LogP contribution < -0.4 is 10.6 Å². The topological polar surface area (TPSA) is 24.1 Å². The van der Waals surface area contributed by atoms with E-state index < -0.39 is 0 Å². The van der Waals surface area contributed by atoms with Crippen molar-refractivity contribution < 1.29 is 0 Å². The average Bonchev–Trinajstić information content (AvgIpc) is 1.82. The first-order valence-electron chi connectivity index (χ1n) is 3.11. The standard InChI is InChI=1S/C6H14N2/c1-5-7-4-6(2,3)8-5/h5,7-8H,4H2,1-3H3. The van der Waals surface area contributed by atoms with Crippen molar-refractivity contribution in [2.75, 3.05) is 6.54 Å². The molecule has 1 aliphatic heterocycles. The molecule has 0 aromatic heterocycles. The summed E-state index contributed by atoms with van der Waals surface area (Å²) in [7, 11) is 0. The lowest BCUT2D eigenvalue weighted by atomic mass is 10.1. The summed E-state index contributed by atoms with van der Waals surface area (Å²) in [5.74, 6) is 0. The summed E-state index contributed by atoms with van der Waals surface area (Å²) in [5.41, 5.74) is 0.305. The Labute approximate surface area is 50.7 Å². The molecule has 8 heavy (non-hydrogen) atoms. The average molecular weight is 114 g/mol. The van der Waals surface area contributed by atoms with E-state index in [1.807, 2.05) is 0 Å². The minimum absolute atomic E-state index is 0.305. The molecule has 2 N–H and O–H groups in total. The van der Waals surface area contributed by atoms with Crippen molar-refractivity contribution in [1.82, 2.24) is 10.6 Å². The van der Waals surface area contributed by atoms with Crippen molar-refractivity contribution >= 4 is 0 Å². The summed E-state index contributed by atoms with van der Waals surface area (Å²) in [6, 6.07) is 0. The molecule has 0 radical (unpaired) electrons. The van der Waals surface area contributed by atoms with Gasteiger partial charge in [0.15, 0.2) is 0 Å². The van der Waals surface area contributed by atoms with Gasteiger partial charge in [-0.15, -0.1) is 0 Å². The van der Waals surface area contributed by atoms with Gasteiger partial charge in [0, 0.05) is 12.1 Å². The Balaban J connectivity index is 2.44. The lowest BCUT2D eigenvalue weighted by Gasteiger charge is -2.16. The molecule has 1 fully saturated rings. The third kappa shape index (κ3) is 1.20. The molecule has 1 unspecified atom stereocenters. The third-order valence-corrected chi connectivity index (χ3v) is 1.46. The van der Waals surface area contributed by atoms with Crippen LogP contribution in [0.1, 0.15) is 20.8 Å². The molecule has 0 bridgehead atoms. The van der Waals surface area contributed by atoms with Crippen LogP contribution in [0.25, 0.3) is 0 Å². The van der Waals surface area contributed by atoms with Crippen molar-refractivity contribution in [2.45, 2.75) is 32.5 Å². The first-order chi connectivity index (χ1) is 3.60. The maximum Gasteiger partial charge on any atom is 0.0547 e. The van der Waals surface area contributed by atoms with Crippen LogP contribution in [0, 0.1) is 0 Å². The van der Waals surface area contributed by atoms with E-state index in [0.717, 1.165) is 6.54 Å². The molecule has 0 aromatic rings. The quantitative estimate of drug-likeness (QED) is 0.473. The number of hydrogen-bond donors (Lipinski definition) is 2. The zero-order valence-corrected chi connectivity index (χ0v) is 5.78. The minimum Gasteiger partial charge on any atom is -0.300 e. The predicted octanol–water partition coefficient (Wildman–Crippen LogP) is 0.304. The Bertz CT molecular complexity index is 88.5. The van der Waals surface area contributed by atoms with E-state index in [-0.39, 0.29) is 0 Å². The van der Waals surface area contributed by atoms with Crippen molar-refractivity contribution in [2.24, 2.45) is 0 Å². The van der Waals surface area contributed by atoms with Crippen molar-refractivity contribution in [3.63, 3.8) is 0 Å². The van der Waals surface area contributed by atoms with Crippen LogP contribution in [-0.4, -0.2) is 18.2 Å². The number of nitrogens with one attached hydrogen (secondary N) is 2. The van der Waals surface area contributed by atoms with Gasteiger partial charge in [-0.3, -0.25) is 5.32 Å². The zero-order valence-electron chi connectivity index (χ0n) is 5.78. The minimum atomic E-state index is 0.305. The molecular formula is C6H14N2. The van der Waals surface area contributed by atoms with Crippen molar-refractivity contribution in [3.05, 3.63) is 0 Å². The van der Waals surface area contributed by atoms with E-state index in [1.165, 1.54) is 0 Å². The van der Waals surface area contributed by atoms with E-state index in [1.54, 1.807) is 0 Å². The maximum atomic E-state index is 3.38. The molecule has 2 nitrogen and oxygen atoms in total. The zero-order chi connectivity index (χ0) is 6.20. The SMILES string of the molecule is CC1NCC(C)(C)N1. The highest BCUT2D eigenvalue weighted by atomic mass is 15.2. The highest BCUT2D eigenvalue weighted by molar-refractivity contribution is 4.88. The van der Waals surface area contributed by atoms with Crippen molar-refractivity contribution in [1.29, 1.82) is 0 Å². The summed E-state index contributed by atoms with van der Waals surface area (Å²) in [6.07, 6.45) is 0.491. The van der Waals surface area contributed by atoms with Gasteiger partial charge < -0.3 is 5.32 Å². The highest BCUT2D eigenvalue weighted by Crippen LogP contribution is 2.06. The molecule has 0 aromatic carbocycles. The summed E-state index contributed by atoms with van der Waals surface area (Å²) in [6.45, 7) is 7.61. The van der Waals surface area contributed by atoms with Gasteiger partial charge >= 0.3 is 0 Å². The molecule has 1 atom stereocenters. The second-order valence-electron chi connectivity index (χ2n) is 3.13. The number of rotatable bonds is 0. The van der Waals surface area contributed by atoms with Crippen LogP contribution in [0.15, 0.2) is 0 Å². The smallest absolute Gasteiger partial charge is 0.0547 e. The van der Waals surface area contributed by atoms with Crippen LogP contribution in [0.3, 0.4) is 0 Å². The summed E-state index contributed by atoms with van der Waals surface area (Å²) in [4.78, 5) is 0. The second kappa shape index (κ2) is 1.71. The predicted molar refractivity (Wildman–Crippen MR) is 34.7 cm³/mol. The Hall–Kier alpha value is -0.0800. The largest absolute Gasteiger partial charge is 0.300 e. The second-order valence-corrected chi connectivity index (χ2v) is 3.13. The maximum absolute atomic E-state index is 3.38. The molecule has 2 heteroatoms. The molecule has 0 amide bonds. The Kier molecular flexibility index (Phi) is 1.29. The van der Waals surface area contributed by atoms with Gasteiger partial charge in [0.25, 0.3) is 0 Å². The fraction of sp³-hybridized carbons (Fsp3) is 1.00. The lowest BCUT2D eigenvalue weighted by Crippen LogP contribution is -2.37. The summed E-state index contributed by atoms with van der Waals surface area (Å²) in [5, 5.41) is 6.68. The highest BCUT2D eigenvalue weighted by Gasteiger charge is 2.25. The molecule has 48 valence electrons. The van der Waals surface area contributed by atoms with E-state index >= 15 is 0 Å². The monoisotopic (exact) mass is 114 g/mol. The van der Waals surface area contributed by atoms with E-state index in [4.69, 9.17) is 0 Å². The molecule has 1 heterocycles. The first-order valence-corrected chi connectivity index (χ1v) is 3.11. The molecule has 1 aliphatic rings. The van der Waals surface area contributed by atoms with Gasteiger partial charge in [-0.1, -0.05) is 0 Å². The summed E-state index contributed by atoms with van der Waals surface area (Å²) < 4.78 is 0. The summed E-state index contributed by atoms with van der Waals surface area (Å²) >= 11 is 0. The normalized spacial score (nSPS) is 35.6. The lowest BCUT2D eigenvalue weighted by molar-refractivity contribution is 0.455. The Morgan fingerprint density at radius 2 is 2.12 bits per heavy atom. The molecular weight excluding hydrogens is 100 g/mol. The van der Waals surface area contributed by atoms with Crippen LogP contribution in [0.4, 0.5) is 0 Å². The Morgan fingerprint density at radius 1 is 1.50 bits per heavy atom. The van der Waals surface area contributed by atoms with Crippen LogP contribution in [-0.2, 0) is 0 Å². The van der Waals surface area contributed by atoms with Gasteiger partial charge in [0.1, 0.15) is 0 Å². The van der Waals surface area contributed by atoms with E-state index in [9.17, 15) is 0 Å². The fourth-order valence-electron chi connectivity index (χ4n) is 1.10.